The van der Waals surface area contributed by atoms with Crippen LogP contribution in [0, 0.1) is 5.82 Å². The Labute approximate surface area is 229 Å². The quantitative estimate of drug-likeness (QED) is 0.250. The summed E-state index contributed by atoms with van der Waals surface area (Å²) in [5, 5.41) is 3.06. The second kappa shape index (κ2) is 12.2. The third kappa shape index (κ3) is 6.17. The zero-order valence-corrected chi connectivity index (χ0v) is 22.6. The zero-order chi connectivity index (χ0) is 27.2. The molecule has 0 saturated carbocycles. The number of carbonyl (C=O) groups is 1. The molecule has 0 unspecified atom stereocenters. The molecule has 202 valence electrons. The lowest BCUT2D eigenvalue weighted by Crippen LogP contribution is -2.23. The van der Waals surface area contributed by atoms with Gasteiger partial charge in [0.25, 0.3) is 0 Å². The minimum atomic E-state index is -0.220. The fourth-order valence-electron chi connectivity index (χ4n) is 5.44. The first-order valence-electron chi connectivity index (χ1n) is 13.7. The molecule has 1 aliphatic carbocycles. The van der Waals surface area contributed by atoms with E-state index < -0.39 is 0 Å². The van der Waals surface area contributed by atoms with E-state index in [-0.39, 0.29) is 11.7 Å². The molecule has 0 atom stereocenters. The van der Waals surface area contributed by atoms with Crippen LogP contribution in [0.4, 0.5) is 4.39 Å². The molecular formula is C33H35FN2O3. The SMILES string of the molecule is CCOc1ccccc1CNC(=O)CCc1cc2c(n1CCc1cccc(F)c1)-c1ccc(OC)cc1CC2. The fourth-order valence-corrected chi connectivity index (χ4v) is 5.44. The van der Waals surface area contributed by atoms with Crippen molar-refractivity contribution in [2.75, 3.05) is 13.7 Å². The Balaban J connectivity index is 1.35. The molecule has 39 heavy (non-hydrogen) atoms. The standard InChI is InChI=1S/C33H35FN2O3/c1-3-39-31-10-5-4-8-26(31)22-35-32(37)16-13-28-20-25-12-11-24-21-29(38-2)14-15-30(24)33(25)36(28)18-17-23-7-6-9-27(34)19-23/h4-10,14-15,19-21H,3,11-13,16-18,22H2,1-2H3,(H,35,37). The molecule has 1 aliphatic rings. The molecular weight excluding hydrogens is 491 g/mol. The summed E-state index contributed by atoms with van der Waals surface area (Å²) in [4.78, 5) is 12.9. The van der Waals surface area contributed by atoms with Gasteiger partial charge in [0.2, 0.25) is 5.91 Å². The predicted molar refractivity (Wildman–Crippen MR) is 152 cm³/mol. The number of halogens is 1. The predicted octanol–water partition coefficient (Wildman–Crippen LogP) is 6.29. The molecule has 1 amide bonds. The monoisotopic (exact) mass is 526 g/mol. The molecule has 1 N–H and O–H groups in total. The van der Waals surface area contributed by atoms with Crippen molar-refractivity contribution < 1.29 is 18.7 Å². The van der Waals surface area contributed by atoms with Crippen LogP contribution in [0.1, 0.15) is 41.3 Å². The summed E-state index contributed by atoms with van der Waals surface area (Å²) in [5.41, 5.74) is 8.03. The number of carbonyl (C=O) groups excluding carboxylic acids is 1. The minimum Gasteiger partial charge on any atom is -0.497 e. The van der Waals surface area contributed by atoms with E-state index in [0.29, 0.717) is 39.0 Å². The Morgan fingerprint density at radius 3 is 2.64 bits per heavy atom. The van der Waals surface area contributed by atoms with Crippen LogP contribution in [0.5, 0.6) is 11.5 Å². The molecule has 0 bridgehead atoms. The van der Waals surface area contributed by atoms with Crippen molar-refractivity contribution in [1.29, 1.82) is 0 Å². The van der Waals surface area contributed by atoms with Gasteiger partial charge < -0.3 is 19.4 Å². The Morgan fingerprint density at radius 2 is 1.82 bits per heavy atom. The van der Waals surface area contributed by atoms with E-state index in [2.05, 4.69) is 28.1 Å². The number of para-hydroxylation sites is 1. The maximum absolute atomic E-state index is 13.9. The number of methoxy groups -OCH3 is 1. The summed E-state index contributed by atoms with van der Waals surface area (Å²) in [5.74, 6) is 1.44. The van der Waals surface area contributed by atoms with Gasteiger partial charge in [-0.15, -0.1) is 0 Å². The van der Waals surface area contributed by atoms with Gasteiger partial charge in [-0.05, 0) is 91.8 Å². The first-order valence-corrected chi connectivity index (χ1v) is 13.7. The van der Waals surface area contributed by atoms with E-state index in [1.165, 1.54) is 28.5 Å². The summed E-state index contributed by atoms with van der Waals surface area (Å²) in [7, 11) is 1.69. The van der Waals surface area contributed by atoms with Crippen LogP contribution in [-0.2, 0) is 43.6 Å². The van der Waals surface area contributed by atoms with Crippen LogP contribution in [0.25, 0.3) is 11.3 Å². The van der Waals surface area contributed by atoms with E-state index in [1.807, 2.05) is 43.3 Å². The second-order valence-corrected chi connectivity index (χ2v) is 9.88. The first kappa shape index (κ1) is 26.5. The minimum absolute atomic E-state index is 0.00212. The molecule has 5 nitrogen and oxygen atoms in total. The molecule has 1 heterocycles. The highest BCUT2D eigenvalue weighted by Gasteiger charge is 2.23. The van der Waals surface area contributed by atoms with Gasteiger partial charge >= 0.3 is 0 Å². The normalized spacial score (nSPS) is 12.0. The van der Waals surface area contributed by atoms with Gasteiger partial charge in [-0.1, -0.05) is 30.3 Å². The number of rotatable bonds is 11. The molecule has 5 rings (SSSR count). The Hall–Kier alpha value is -4.06. The maximum atomic E-state index is 13.9. The highest BCUT2D eigenvalue weighted by atomic mass is 19.1. The number of benzene rings is 3. The fraction of sp³-hybridized carbons (Fsp3) is 0.303. The van der Waals surface area contributed by atoms with Gasteiger partial charge in [-0.3, -0.25) is 4.79 Å². The average Bonchev–Trinajstić information content (AvgIpc) is 3.32. The van der Waals surface area contributed by atoms with Gasteiger partial charge in [0, 0.05) is 36.3 Å². The van der Waals surface area contributed by atoms with Crippen molar-refractivity contribution in [3.63, 3.8) is 0 Å². The number of aromatic nitrogens is 1. The molecule has 1 aromatic heterocycles. The average molecular weight is 527 g/mol. The van der Waals surface area contributed by atoms with Crippen molar-refractivity contribution in [2.24, 2.45) is 0 Å². The van der Waals surface area contributed by atoms with Crippen LogP contribution in [0.15, 0.2) is 72.8 Å². The number of fused-ring (bicyclic) bond motifs is 3. The number of amides is 1. The van der Waals surface area contributed by atoms with E-state index >= 15 is 0 Å². The molecule has 0 fully saturated rings. The van der Waals surface area contributed by atoms with E-state index in [1.54, 1.807) is 19.2 Å². The Bertz CT molecular complexity index is 1460. The van der Waals surface area contributed by atoms with Crippen molar-refractivity contribution in [3.05, 3.63) is 107 Å². The van der Waals surface area contributed by atoms with Gasteiger partial charge in [0.05, 0.1) is 19.4 Å². The number of ether oxygens (including phenoxy) is 2. The third-order valence-electron chi connectivity index (χ3n) is 7.36. The summed E-state index contributed by atoms with van der Waals surface area (Å²) in [6.45, 7) is 3.68. The van der Waals surface area contributed by atoms with Crippen molar-refractivity contribution >= 4 is 5.91 Å². The molecule has 4 aromatic rings. The molecule has 3 aromatic carbocycles. The lowest BCUT2D eigenvalue weighted by Gasteiger charge is -2.21. The largest absolute Gasteiger partial charge is 0.497 e. The lowest BCUT2D eigenvalue weighted by molar-refractivity contribution is -0.121. The van der Waals surface area contributed by atoms with Crippen molar-refractivity contribution in [1.82, 2.24) is 9.88 Å². The molecule has 0 spiro atoms. The van der Waals surface area contributed by atoms with Crippen LogP contribution >= 0.6 is 0 Å². The summed E-state index contributed by atoms with van der Waals surface area (Å²) in [6, 6.07) is 23.1. The van der Waals surface area contributed by atoms with Gasteiger partial charge in [-0.25, -0.2) is 4.39 Å². The Morgan fingerprint density at radius 1 is 0.974 bits per heavy atom. The third-order valence-corrected chi connectivity index (χ3v) is 7.36. The smallest absolute Gasteiger partial charge is 0.220 e. The lowest BCUT2D eigenvalue weighted by atomic mass is 9.90. The van der Waals surface area contributed by atoms with Crippen LogP contribution in [0.2, 0.25) is 0 Å². The Kier molecular flexibility index (Phi) is 8.30. The highest BCUT2D eigenvalue weighted by Crippen LogP contribution is 2.38. The molecule has 6 heteroatoms. The molecule has 0 aliphatic heterocycles. The number of hydrogen-bond donors (Lipinski definition) is 1. The molecule has 0 radical (unpaired) electrons. The number of nitrogens with one attached hydrogen (secondary N) is 1. The summed E-state index contributed by atoms with van der Waals surface area (Å²) >= 11 is 0. The van der Waals surface area contributed by atoms with E-state index in [9.17, 15) is 9.18 Å². The van der Waals surface area contributed by atoms with Gasteiger partial charge in [0.15, 0.2) is 0 Å². The van der Waals surface area contributed by atoms with Gasteiger partial charge in [-0.2, -0.15) is 0 Å². The van der Waals surface area contributed by atoms with E-state index in [4.69, 9.17) is 9.47 Å². The molecule has 0 saturated heterocycles. The van der Waals surface area contributed by atoms with E-state index in [0.717, 1.165) is 41.2 Å². The van der Waals surface area contributed by atoms with Crippen LogP contribution in [-0.4, -0.2) is 24.2 Å². The number of aryl methyl sites for hydroxylation is 4. The topological polar surface area (TPSA) is 52.5 Å². The first-order chi connectivity index (χ1) is 19.1. The van der Waals surface area contributed by atoms with Crippen LogP contribution in [0.3, 0.4) is 0 Å². The summed E-state index contributed by atoms with van der Waals surface area (Å²) < 4.78 is 27.3. The zero-order valence-electron chi connectivity index (χ0n) is 22.6. The summed E-state index contributed by atoms with van der Waals surface area (Å²) in [6.07, 6.45) is 3.61. The highest BCUT2D eigenvalue weighted by molar-refractivity contribution is 5.77. The van der Waals surface area contributed by atoms with Crippen LogP contribution < -0.4 is 14.8 Å². The number of hydrogen-bond acceptors (Lipinski definition) is 3. The van der Waals surface area contributed by atoms with Gasteiger partial charge in [0.1, 0.15) is 17.3 Å². The van der Waals surface area contributed by atoms with Crippen molar-refractivity contribution in [2.45, 2.75) is 52.1 Å². The van der Waals surface area contributed by atoms with Crippen molar-refractivity contribution in [3.8, 4) is 22.8 Å². The number of nitrogens with zero attached hydrogens (tertiary/aromatic N) is 1. The second-order valence-electron chi connectivity index (χ2n) is 9.88. The maximum Gasteiger partial charge on any atom is 0.220 e.